The van der Waals surface area contributed by atoms with Gasteiger partial charge in [-0.1, -0.05) is 176 Å². The van der Waals surface area contributed by atoms with Crippen LogP contribution in [0.15, 0.2) is 182 Å². The van der Waals surface area contributed by atoms with E-state index in [2.05, 4.69) is 157 Å². The smallest absolute Gasteiger partial charge is 0.321 e. The third-order valence-electron chi connectivity index (χ3n) is 9.27. The first kappa shape index (κ1) is 35.5. The van der Waals surface area contributed by atoms with Crippen LogP contribution in [-0.2, 0) is 21.9 Å². The quantitative estimate of drug-likeness (QED) is 0.135. The number of carbonyl (C=O) groups excluding carboxylic acids is 1. The van der Waals surface area contributed by atoms with Crippen LogP contribution in [0.25, 0.3) is 5.57 Å². The summed E-state index contributed by atoms with van der Waals surface area (Å²) in [5, 5.41) is 2.85. The largest absolute Gasteiger partial charge is 2.00 e. The van der Waals surface area contributed by atoms with Gasteiger partial charge < -0.3 is 5.32 Å². The molecule has 3 heteroatoms. The van der Waals surface area contributed by atoms with Crippen molar-refractivity contribution in [1.82, 2.24) is 0 Å². The number of carbonyl (C=O) groups is 1. The SMILES string of the molecule is O=C1Nc2ccccc2/C1=C/[C]1[CH][CH][CH][CH]1.[Fe+2].c1ccc([C]2[C](c3ccccc3)[C](c3ccccc3)[C](c3ccccc3)[C]2c2ccccc2)cc1. The van der Waals surface area contributed by atoms with Crippen molar-refractivity contribution >= 4 is 17.2 Å². The molecular formula is C49H35FeNO+2. The van der Waals surface area contributed by atoms with Crippen LogP contribution in [0.5, 0.6) is 0 Å². The van der Waals surface area contributed by atoms with Crippen LogP contribution in [0.3, 0.4) is 0 Å². The maximum Gasteiger partial charge on any atom is 2.00 e. The van der Waals surface area contributed by atoms with Crippen LogP contribution < -0.4 is 5.32 Å². The number of allylic oxidation sites excluding steroid dienone is 1. The summed E-state index contributed by atoms with van der Waals surface area (Å²) in [7, 11) is 0. The van der Waals surface area contributed by atoms with Gasteiger partial charge in [0.05, 0.1) is 0 Å². The second-order valence-corrected chi connectivity index (χ2v) is 12.5. The summed E-state index contributed by atoms with van der Waals surface area (Å²) < 4.78 is 0. The Morgan fingerprint density at radius 3 is 1.04 bits per heavy atom. The van der Waals surface area contributed by atoms with E-state index in [0.29, 0.717) is 0 Å². The Balaban J connectivity index is 0.000000207. The van der Waals surface area contributed by atoms with Crippen LogP contribution in [0.1, 0.15) is 33.4 Å². The summed E-state index contributed by atoms with van der Waals surface area (Å²) in [6.45, 7) is 0. The van der Waals surface area contributed by atoms with E-state index in [9.17, 15) is 4.79 Å². The molecule has 248 valence electrons. The van der Waals surface area contributed by atoms with Crippen molar-refractivity contribution in [2.24, 2.45) is 0 Å². The van der Waals surface area contributed by atoms with E-state index in [1.807, 2.05) is 56.0 Å². The maximum absolute atomic E-state index is 11.8. The topological polar surface area (TPSA) is 29.1 Å². The second kappa shape index (κ2) is 16.6. The average Bonchev–Trinajstić information content (AvgIpc) is 3.93. The third kappa shape index (κ3) is 7.35. The minimum Gasteiger partial charge on any atom is -0.321 e. The number of rotatable bonds is 6. The van der Waals surface area contributed by atoms with Crippen molar-refractivity contribution in [3.05, 3.63) is 277 Å². The molecule has 1 amide bonds. The molecule has 1 N–H and O–H groups in total. The van der Waals surface area contributed by atoms with Crippen LogP contribution in [0.4, 0.5) is 5.69 Å². The molecule has 2 fully saturated rings. The van der Waals surface area contributed by atoms with E-state index in [4.69, 9.17) is 0 Å². The molecule has 9 rings (SSSR count). The van der Waals surface area contributed by atoms with Crippen LogP contribution in [0.2, 0.25) is 0 Å². The Bertz CT molecular complexity index is 1800. The zero-order valence-corrected chi connectivity index (χ0v) is 29.5. The number of hydrogen-bond acceptors (Lipinski definition) is 1. The van der Waals surface area contributed by atoms with E-state index in [0.717, 1.165) is 22.7 Å². The fourth-order valence-electron chi connectivity index (χ4n) is 7.03. The standard InChI is InChI=1S/C35H25.C14H10NO.Fe/c1-6-16-26(17-7-1)31-32(27-18-8-2-9-19-27)34(29-22-12-4-13-23-29)35(30-24-14-5-15-25-30)33(31)28-20-10-3-11-21-28;16-14-12(9-10-5-1-2-6-10)11-7-3-4-8-13(11)15-14;/h1-25H;1-9H,(H,15,16);/q;;+2/b;12-9-;. The van der Waals surface area contributed by atoms with Gasteiger partial charge in [0.1, 0.15) is 0 Å². The number of hydrogen-bond donors (Lipinski definition) is 1. The molecule has 0 aromatic heterocycles. The molecule has 2 aliphatic carbocycles. The summed E-state index contributed by atoms with van der Waals surface area (Å²) in [6.07, 6.45) is 9.82. The Morgan fingerprint density at radius 1 is 0.385 bits per heavy atom. The van der Waals surface area contributed by atoms with Crippen molar-refractivity contribution < 1.29 is 21.9 Å². The summed E-state index contributed by atoms with van der Waals surface area (Å²) >= 11 is 0. The van der Waals surface area contributed by atoms with Gasteiger partial charge in [-0.05, 0) is 59.6 Å². The Labute approximate surface area is 319 Å². The predicted octanol–water partition coefficient (Wildman–Crippen LogP) is 10.5. The second-order valence-electron chi connectivity index (χ2n) is 12.5. The van der Waals surface area contributed by atoms with Gasteiger partial charge in [0.25, 0.3) is 5.91 Å². The van der Waals surface area contributed by atoms with Crippen LogP contribution in [0, 0.1) is 61.2 Å². The zero-order chi connectivity index (χ0) is 34.4. The summed E-state index contributed by atoms with van der Waals surface area (Å²) in [4.78, 5) is 11.8. The Kier molecular flexibility index (Phi) is 11.3. The van der Waals surface area contributed by atoms with Crippen molar-refractivity contribution in [3.63, 3.8) is 0 Å². The first-order chi connectivity index (χ1) is 25.3. The molecule has 6 aromatic rings. The van der Waals surface area contributed by atoms with Gasteiger partial charge in [-0.25, -0.2) is 0 Å². The van der Waals surface area contributed by atoms with Crippen molar-refractivity contribution in [2.75, 3.05) is 5.32 Å². The molecule has 0 atom stereocenters. The van der Waals surface area contributed by atoms with E-state index in [-0.39, 0.29) is 23.0 Å². The molecule has 0 unspecified atom stereocenters. The predicted molar refractivity (Wildman–Crippen MR) is 207 cm³/mol. The van der Waals surface area contributed by atoms with Gasteiger partial charge in [-0.2, -0.15) is 0 Å². The van der Waals surface area contributed by atoms with Crippen molar-refractivity contribution in [3.8, 4) is 0 Å². The van der Waals surface area contributed by atoms with Gasteiger partial charge in [0, 0.05) is 52.3 Å². The molecule has 0 bridgehead atoms. The normalized spacial score (nSPS) is 17.7. The summed E-state index contributed by atoms with van der Waals surface area (Å²) in [5.41, 5.74) is 8.74. The van der Waals surface area contributed by atoms with Gasteiger partial charge in [-0.3, -0.25) is 4.79 Å². The molecule has 6 aromatic carbocycles. The molecule has 52 heavy (non-hydrogen) atoms. The number of fused-ring (bicyclic) bond motifs is 1. The maximum atomic E-state index is 11.8. The molecule has 3 aliphatic rings. The molecule has 0 spiro atoms. The number of benzene rings is 6. The van der Waals surface area contributed by atoms with Gasteiger partial charge >= 0.3 is 17.1 Å². The molecule has 0 saturated heterocycles. The molecular weight excluding hydrogens is 674 g/mol. The van der Waals surface area contributed by atoms with Crippen LogP contribution >= 0.6 is 0 Å². The number of amides is 1. The minimum absolute atomic E-state index is 0. The summed E-state index contributed by atoms with van der Waals surface area (Å²) in [5.74, 6) is 7.42. The molecule has 10 radical (unpaired) electrons. The van der Waals surface area contributed by atoms with Crippen molar-refractivity contribution in [2.45, 2.75) is 0 Å². The summed E-state index contributed by atoms with van der Waals surface area (Å²) in [6, 6.07) is 61.9. The van der Waals surface area contributed by atoms with Crippen LogP contribution in [-0.4, -0.2) is 5.91 Å². The van der Waals surface area contributed by atoms with E-state index in [1.54, 1.807) is 0 Å². The first-order valence-corrected chi connectivity index (χ1v) is 17.2. The zero-order valence-electron chi connectivity index (χ0n) is 28.4. The molecule has 2 nitrogen and oxygen atoms in total. The van der Waals surface area contributed by atoms with Crippen molar-refractivity contribution in [1.29, 1.82) is 0 Å². The van der Waals surface area contributed by atoms with Gasteiger partial charge in [0.2, 0.25) is 0 Å². The molecule has 1 heterocycles. The fraction of sp³-hybridized carbons (Fsp3) is 0. The average molecular weight is 710 g/mol. The minimum atomic E-state index is -0.0256. The number of anilines is 1. The Hall–Kier alpha value is -4.95. The fourth-order valence-corrected chi connectivity index (χ4v) is 7.03. The van der Waals surface area contributed by atoms with Gasteiger partial charge in [0.15, 0.2) is 0 Å². The van der Waals surface area contributed by atoms with E-state index in [1.165, 1.54) is 57.4 Å². The Morgan fingerprint density at radius 2 is 0.692 bits per heavy atom. The van der Waals surface area contributed by atoms with E-state index < -0.39 is 0 Å². The first-order valence-electron chi connectivity index (χ1n) is 17.2. The molecule has 2 saturated carbocycles. The number of nitrogens with one attached hydrogen (secondary N) is 1. The molecule has 1 aliphatic heterocycles. The van der Waals surface area contributed by atoms with Gasteiger partial charge in [-0.15, -0.1) is 0 Å². The monoisotopic (exact) mass is 709 g/mol. The van der Waals surface area contributed by atoms with E-state index >= 15 is 0 Å². The number of para-hydroxylation sites is 1. The third-order valence-corrected chi connectivity index (χ3v) is 9.27.